The molecule has 0 radical (unpaired) electrons. The SMILES string of the molecule is CCC(C)(C)C1CCC(N)C(N(C)CC2CC2C)C1. The molecule has 2 N–H and O–H groups in total. The Morgan fingerprint density at radius 1 is 1.21 bits per heavy atom. The van der Waals surface area contributed by atoms with Crippen LogP contribution in [0.15, 0.2) is 0 Å². The minimum absolute atomic E-state index is 0.392. The largest absolute Gasteiger partial charge is 0.326 e. The van der Waals surface area contributed by atoms with Gasteiger partial charge in [0.05, 0.1) is 0 Å². The number of hydrogen-bond donors (Lipinski definition) is 1. The lowest BCUT2D eigenvalue weighted by atomic mass is 9.67. The van der Waals surface area contributed by atoms with E-state index < -0.39 is 0 Å². The predicted octanol–water partition coefficient (Wildman–Crippen LogP) is 3.51. The van der Waals surface area contributed by atoms with Crippen molar-refractivity contribution in [2.24, 2.45) is 28.9 Å². The van der Waals surface area contributed by atoms with E-state index in [4.69, 9.17) is 5.73 Å². The van der Waals surface area contributed by atoms with Gasteiger partial charge in [-0.2, -0.15) is 0 Å². The van der Waals surface area contributed by atoms with Crippen molar-refractivity contribution in [2.45, 2.75) is 71.9 Å². The van der Waals surface area contributed by atoms with Gasteiger partial charge in [0.15, 0.2) is 0 Å². The molecule has 0 bridgehead atoms. The van der Waals surface area contributed by atoms with Gasteiger partial charge in [0.25, 0.3) is 0 Å². The first-order valence-corrected chi connectivity index (χ1v) is 8.31. The fourth-order valence-corrected chi connectivity index (χ4v) is 3.83. The van der Waals surface area contributed by atoms with Crippen molar-refractivity contribution in [1.29, 1.82) is 0 Å². The molecular formula is C17H34N2. The van der Waals surface area contributed by atoms with Crippen LogP contribution in [0.4, 0.5) is 0 Å². The zero-order valence-electron chi connectivity index (χ0n) is 13.7. The maximum atomic E-state index is 6.42. The van der Waals surface area contributed by atoms with Crippen molar-refractivity contribution in [3.63, 3.8) is 0 Å². The summed E-state index contributed by atoms with van der Waals surface area (Å²) in [7, 11) is 2.30. The Morgan fingerprint density at radius 3 is 2.37 bits per heavy atom. The van der Waals surface area contributed by atoms with Gasteiger partial charge >= 0.3 is 0 Å². The molecule has 19 heavy (non-hydrogen) atoms. The summed E-state index contributed by atoms with van der Waals surface area (Å²) in [5, 5.41) is 0. The molecule has 0 saturated heterocycles. The summed E-state index contributed by atoms with van der Waals surface area (Å²) in [6, 6.07) is 1.00. The molecule has 2 saturated carbocycles. The van der Waals surface area contributed by atoms with E-state index in [0.717, 1.165) is 17.8 Å². The fourth-order valence-electron chi connectivity index (χ4n) is 3.83. The van der Waals surface area contributed by atoms with Gasteiger partial charge in [0.1, 0.15) is 0 Å². The van der Waals surface area contributed by atoms with E-state index in [1.54, 1.807) is 0 Å². The normalized spacial score (nSPS) is 39.6. The third-order valence-electron chi connectivity index (χ3n) is 6.25. The highest BCUT2D eigenvalue weighted by molar-refractivity contribution is 4.94. The molecule has 0 aromatic carbocycles. The van der Waals surface area contributed by atoms with E-state index in [2.05, 4.69) is 39.6 Å². The lowest BCUT2D eigenvalue weighted by Gasteiger charge is -2.45. The number of likely N-dealkylation sites (N-methyl/N-ethyl adjacent to an activating group) is 1. The summed E-state index contributed by atoms with van der Waals surface area (Å²) >= 11 is 0. The molecule has 0 heterocycles. The molecule has 0 amide bonds. The number of nitrogens with zero attached hydrogens (tertiary/aromatic N) is 1. The van der Waals surface area contributed by atoms with Crippen LogP contribution in [0.25, 0.3) is 0 Å². The molecule has 2 nitrogen and oxygen atoms in total. The van der Waals surface area contributed by atoms with Crippen LogP contribution < -0.4 is 5.73 Å². The van der Waals surface area contributed by atoms with E-state index >= 15 is 0 Å². The van der Waals surface area contributed by atoms with E-state index in [1.165, 1.54) is 38.6 Å². The van der Waals surface area contributed by atoms with E-state index in [9.17, 15) is 0 Å². The topological polar surface area (TPSA) is 29.3 Å². The van der Waals surface area contributed by atoms with Gasteiger partial charge in [0, 0.05) is 18.6 Å². The quantitative estimate of drug-likeness (QED) is 0.825. The van der Waals surface area contributed by atoms with Gasteiger partial charge in [-0.1, -0.05) is 34.1 Å². The lowest BCUT2D eigenvalue weighted by Crippen LogP contribution is -2.52. The van der Waals surface area contributed by atoms with Crippen LogP contribution in [0.3, 0.4) is 0 Å². The molecular weight excluding hydrogens is 232 g/mol. The van der Waals surface area contributed by atoms with Crippen LogP contribution in [0.2, 0.25) is 0 Å². The Hall–Kier alpha value is -0.0800. The number of nitrogens with two attached hydrogens (primary N) is 1. The third-order valence-corrected chi connectivity index (χ3v) is 6.25. The molecule has 5 atom stereocenters. The Balaban J connectivity index is 1.94. The average molecular weight is 266 g/mol. The highest BCUT2D eigenvalue weighted by atomic mass is 15.2. The summed E-state index contributed by atoms with van der Waals surface area (Å²) in [6.07, 6.45) is 6.55. The van der Waals surface area contributed by atoms with E-state index in [-0.39, 0.29) is 0 Å². The van der Waals surface area contributed by atoms with Crippen LogP contribution in [0.1, 0.15) is 59.8 Å². The van der Waals surface area contributed by atoms with Gasteiger partial charge in [0.2, 0.25) is 0 Å². The molecule has 0 aromatic rings. The van der Waals surface area contributed by atoms with Crippen molar-refractivity contribution in [3.8, 4) is 0 Å². The van der Waals surface area contributed by atoms with Gasteiger partial charge < -0.3 is 10.6 Å². The predicted molar refractivity (Wildman–Crippen MR) is 83.1 cm³/mol. The second-order valence-corrected chi connectivity index (χ2v) is 8.00. The van der Waals surface area contributed by atoms with Crippen LogP contribution in [-0.2, 0) is 0 Å². The molecule has 2 fully saturated rings. The standard InChI is InChI=1S/C17H34N2/c1-6-17(3,4)14-7-8-15(18)16(10-14)19(5)11-13-9-12(13)2/h12-16H,6-11,18H2,1-5H3. The molecule has 2 rings (SSSR count). The van der Waals surface area contributed by atoms with Gasteiger partial charge in [-0.25, -0.2) is 0 Å². The van der Waals surface area contributed by atoms with Crippen LogP contribution in [-0.4, -0.2) is 30.6 Å². The molecule has 0 aliphatic heterocycles. The Labute approximate surface area is 120 Å². The van der Waals surface area contributed by atoms with Crippen molar-refractivity contribution < 1.29 is 0 Å². The van der Waals surface area contributed by atoms with Crippen LogP contribution in [0.5, 0.6) is 0 Å². The highest BCUT2D eigenvalue weighted by Gasteiger charge is 2.40. The number of hydrogen-bond acceptors (Lipinski definition) is 2. The van der Waals surface area contributed by atoms with Crippen LogP contribution >= 0.6 is 0 Å². The molecule has 2 heteroatoms. The Bertz CT molecular complexity index is 300. The third kappa shape index (κ3) is 3.52. The second-order valence-electron chi connectivity index (χ2n) is 8.00. The smallest absolute Gasteiger partial charge is 0.0247 e. The molecule has 0 aromatic heterocycles. The van der Waals surface area contributed by atoms with Crippen LogP contribution in [0, 0.1) is 23.2 Å². The molecule has 2 aliphatic rings. The minimum Gasteiger partial charge on any atom is -0.326 e. The van der Waals surface area contributed by atoms with Crippen molar-refractivity contribution in [3.05, 3.63) is 0 Å². The zero-order chi connectivity index (χ0) is 14.2. The first kappa shape index (κ1) is 15.3. The molecule has 5 unspecified atom stereocenters. The van der Waals surface area contributed by atoms with Crippen molar-refractivity contribution >= 4 is 0 Å². The Morgan fingerprint density at radius 2 is 1.84 bits per heavy atom. The minimum atomic E-state index is 0.392. The van der Waals surface area contributed by atoms with Gasteiger partial charge in [-0.15, -0.1) is 0 Å². The maximum Gasteiger partial charge on any atom is 0.0247 e. The highest BCUT2D eigenvalue weighted by Crippen LogP contribution is 2.43. The van der Waals surface area contributed by atoms with E-state index in [0.29, 0.717) is 17.5 Å². The summed E-state index contributed by atoms with van der Waals surface area (Å²) in [4.78, 5) is 2.58. The monoisotopic (exact) mass is 266 g/mol. The molecule has 0 spiro atoms. The zero-order valence-corrected chi connectivity index (χ0v) is 13.7. The summed E-state index contributed by atoms with van der Waals surface area (Å²) in [6.45, 7) is 10.9. The fraction of sp³-hybridized carbons (Fsp3) is 1.00. The van der Waals surface area contributed by atoms with Crippen molar-refractivity contribution in [1.82, 2.24) is 4.90 Å². The average Bonchev–Trinajstić information content (AvgIpc) is 3.05. The molecule has 2 aliphatic carbocycles. The maximum absolute atomic E-state index is 6.42. The molecule has 112 valence electrons. The summed E-state index contributed by atoms with van der Waals surface area (Å²) < 4.78 is 0. The number of rotatable bonds is 5. The Kier molecular flexibility index (Phi) is 4.62. The van der Waals surface area contributed by atoms with E-state index in [1.807, 2.05) is 0 Å². The lowest BCUT2D eigenvalue weighted by molar-refractivity contribution is 0.0703. The summed E-state index contributed by atoms with van der Waals surface area (Å²) in [5.41, 5.74) is 6.89. The second kappa shape index (κ2) is 5.73. The van der Waals surface area contributed by atoms with Gasteiger partial charge in [-0.3, -0.25) is 0 Å². The first-order valence-electron chi connectivity index (χ1n) is 8.31. The van der Waals surface area contributed by atoms with Crippen molar-refractivity contribution in [2.75, 3.05) is 13.6 Å². The van der Waals surface area contributed by atoms with Gasteiger partial charge in [-0.05, 0) is 55.9 Å². The first-order chi connectivity index (χ1) is 8.85. The summed E-state index contributed by atoms with van der Waals surface area (Å²) in [5.74, 6) is 2.74.